The van der Waals surface area contributed by atoms with Gasteiger partial charge in [-0.05, 0) is 19.5 Å². The smallest absolute Gasteiger partial charge is 0.325 e. The molecular formula is C17H23N3O2. The monoisotopic (exact) mass is 301 g/mol. The maximum atomic E-state index is 12.0. The Kier molecular flexibility index (Phi) is 4.18. The van der Waals surface area contributed by atoms with E-state index in [-0.39, 0.29) is 0 Å². The summed E-state index contributed by atoms with van der Waals surface area (Å²) in [6.07, 6.45) is 0. The lowest BCUT2D eigenvalue weighted by atomic mass is 10.0. The Labute approximate surface area is 130 Å². The van der Waals surface area contributed by atoms with E-state index >= 15 is 0 Å². The average Bonchev–Trinajstić information content (AvgIpc) is 2.84. The SMILES string of the molecule is CCN1CCN([C@H](C(=O)O)c2c(C)[nH]c3ccccc23)CC1. The predicted molar refractivity (Wildman–Crippen MR) is 87.1 cm³/mol. The van der Waals surface area contributed by atoms with Crippen LogP contribution in [0, 0.1) is 6.92 Å². The lowest BCUT2D eigenvalue weighted by Crippen LogP contribution is -2.49. The molecule has 2 heterocycles. The van der Waals surface area contributed by atoms with Gasteiger partial charge in [-0.1, -0.05) is 25.1 Å². The van der Waals surface area contributed by atoms with E-state index in [4.69, 9.17) is 0 Å². The van der Waals surface area contributed by atoms with Gasteiger partial charge in [0.15, 0.2) is 0 Å². The molecular weight excluding hydrogens is 278 g/mol. The number of aliphatic carboxylic acids is 1. The molecule has 0 radical (unpaired) electrons. The van der Waals surface area contributed by atoms with Gasteiger partial charge in [-0.25, -0.2) is 0 Å². The second-order valence-electron chi connectivity index (χ2n) is 5.92. The summed E-state index contributed by atoms with van der Waals surface area (Å²) >= 11 is 0. The maximum Gasteiger partial charge on any atom is 0.325 e. The third kappa shape index (κ3) is 2.62. The van der Waals surface area contributed by atoms with Crippen molar-refractivity contribution in [1.29, 1.82) is 0 Å². The molecule has 1 atom stereocenters. The highest BCUT2D eigenvalue weighted by atomic mass is 16.4. The molecule has 0 bridgehead atoms. The van der Waals surface area contributed by atoms with Crippen LogP contribution in [0.1, 0.15) is 24.2 Å². The van der Waals surface area contributed by atoms with Crippen molar-refractivity contribution in [3.05, 3.63) is 35.5 Å². The van der Waals surface area contributed by atoms with Gasteiger partial charge in [0.25, 0.3) is 0 Å². The van der Waals surface area contributed by atoms with E-state index in [1.807, 2.05) is 31.2 Å². The first-order valence-electron chi connectivity index (χ1n) is 7.88. The Morgan fingerprint density at radius 3 is 2.59 bits per heavy atom. The highest BCUT2D eigenvalue weighted by Crippen LogP contribution is 2.32. The van der Waals surface area contributed by atoms with E-state index in [9.17, 15) is 9.90 Å². The Hall–Kier alpha value is -1.85. The molecule has 0 saturated carbocycles. The summed E-state index contributed by atoms with van der Waals surface area (Å²) in [5, 5.41) is 10.9. The molecule has 1 fully saturated rings. The van der Waals surface area contributed by atoms with Crippen molar-refractivity contribution in [3.8, 4) is 0 Å². The van der Waals surface area contributed by atoms with Crippen LogP contribution in [0.5, 0.6) is 0 Å². The van der Waals surface area contributed by atoms with E-state index in [0.717, 1.165) is 54.9 Å². The summed E-state index contributed by atoms with van der Waals surface area (Å²) in [5.41, 5.74) is 2.87. The van der Waals surface area contributed by atoms with Crippen LogP contribution in [0.4, 0.5) is 0 Å². The van der Waals surface area contributed by atoms with Crippen LogP contribution in [0.25, 0.3) is 10.9 Å². The van der Waals surface area contributed by atoms with Crippen LogP contribution in [-0.2, 0) is 4.79 Å². The topological polar surface area (TPSA) is 59.6 Å². The number of hydrogen-bond acceptors (Lipinski definition) is 3. The third-order valence-corrected chi connectivity index (χ3v) is 4.67. The number of piperazine rings is 1. The van der Waals surface area contributed by atoms with Crippen molar-refractivity contribution in [2.24, 2.45) is 0 Å². The van der Waals surface area contributed by atoms with Gasteiger partial charge in [0.05, 0.1) is 0 Å². The van der Waals surface area contributed by atoms with Crippen LogP contribution >= 0.6 is 0 Å². The molecule has 2 aromatic rings. The van der Waals surface area contributed by atoms with Gasteiger partial charge >= 0.3 is 5.97 Å². The fraction of sp³-hybridized carbons (Fsp3) is 0.471. The number of aromatic amines is 1. The maximum absolute atomic E-state index is 12.0. The first-order chi connectivity index (χ1) is 10.6. The first kappa shape index (κ1) is 15.1. The number of likely N-dealkylation sites (N-methyl/N-ethyl adjacent to an activating group) is 1. The van der Waals surface area contributed by atoms with Gasteiger partial charge in [0.2, 0.25) is 0 Å². The summed E-state index contributed by atoms with van der Waals surface area (Å²) < 4.78 is 0. The lowest BCUT2D eigenvalue weighted by molar-refractivity contribution is -0.144. The molecule has 0 spiro atoms. The molecule has 118 valence electrons. The van der Waals surface area contributed by atoms with Gasteiger partial charge in [-0.3, -0.25) is 9.69 Å². The molecule has 1 aliphatic rings. The Balaban J connectivity index is 1.97. The van der Waals surface area contributed by atoms with Crippen molar-refractivity contribution in [2.45, 2.75) is 19.9 Å². The Morgan fingerprint density at radius 2 is 1.95 bits per heavy atom. The molecule has 22 heavy (non-hydrogen) atoms. The van der Waals surface area contributed by atoms with Crippen molar-refractivity contribution in [2.75, 3.05) is 32.7 Å². The Morgan fingerprint density at radius 1 is 1.27 bits per heavy atom. The van der Waals surface area contributed by atoms with Gasteiger partial charge < -0.3 is 15.0 Å². The Bertz CT molecular complexity index is 672. The van der Waals surface area contributed by atoms with Crippen molar-refractivity contribution >= 4 is 16.9 Å². The molecule has 1 aliphatic heterocycles. The van der Waals surface area contributed by atoms with Crippen LogP contribution < -0.4 is 0 Å². The van der Waals surface area contributed by atoms with Crippen molar-refractivity contribution < 1.29 is 9.90 Å². The van der Waals surface area contributed by atoms with E-state index < -0.39 is 12.0 Å². The number of aryl methyl sites for hydroxylation is 1. The normalized spacial score (nSPS) is 18.6. The zero-order chi connectivity index (χ0) is 15.7. The molecule has 1 aromatic heterocycles. The van der Waals surface area contributed by atoms with Gasteiger partial charge in [0, 0.05) is 48.3 Å². The standard InChI is InChI=1S/C17H23N3O2/c1-3-19-8-10-20(11-9-19)16(17(21)22)15-12(2)18-14-7-5-4-6-13(14)15/h4-7,16,18H,3,8-11H2,1-2H3,(H,21,22)/t16-/m0/s1. The number of nitrogens with one attached hydrogen (secondary N) is 1. The van der Waals surface area contributed by atoms with Gasteiger partial charge in [0.1, 0.15) is 6.04 Å². The average molecular weight is 301 g/mol. The highest BCUT2D eigenvalue weighted by molar-refractivity contribution is 5.90. The summed E-state index contributed by atoms with van der Waals surface area (Å²) in [7, 11) is 0. The first-order valence-corrected chi connectivity index (χ1v) is 7.88. The molecule has 1 saturated heterocycles. The number of H-pyrrole nitrogens is 1. The lowest BCUT2D eigenvalue weighted by Gasteiger charge is -2.37. The number of carboxylic acids is 1. The third-order valence-electron chi connectivity index (χ3n) is 4.67. The summed E-state index contributed by atoms with van der Waals surface area (Å²) in [5.74, 6) is -0.766. The minimum absolute atomic E-state index is 0.574. The van der Waals surface area contributed by atoms with Crippen LogP contribution in [-0.4, -0.2) is 58.6 Å². The number of fused-ring (bicyclic) bond motifs is 1. The zero-order valence-electron chi connectivity index (χ0n) is 13.2. The van der Waals surface area contributed by atoms with E-state index in [0.29, 0.717) is 0 Å². The molecule has 2 N–H and O–H groups in total. The van der Waals surface area contributed by atoms with Gasteiger partial charge in [-0.15, -0.1) is 0 Å². The molecule has 0 aliphatic carbocycles. The molecule has 5 heteroatoms. The quantitative estimate of drug-likeness (QED) is 0.909. The van der Waals surface area contributed by atoms with Gasteiger partial charge in [-0.2, -0.15) is 0 Å². The second-order valence-corrected chi connectivity index (χ2v) is 5.92. The minimum Gasteiger partial charge on any atom is -0.480 e. The number of nitrogens with zero attached hydrogens (tertiary/aromatic N) is 2. The molecule has 0 unspecified atom stereocenters. The van der Waals surface area contributed by atoms with Crippen LogP contribution in [0.15, 0.2) is 24.3 Å². The number of hydrogen-bond donors (Lipinski definition) is 2. The fourth-order valence-corrected chi connectivity index (χ4v) is 3.45. The molecule has 1 aromatic carbocycles. The number of rotatable bonds is 4. The molecule has 0 amide bonds. The number of carbonyl (C=O) groups is 1. The molecule has 5 nitrogen and oxygen atoms in total. The molecule has 3 rings (SSSR count). The largest absolute Gasteiger partial charge is 0.480 e. The van der Waals surface area contributed by atoms with Crippen LogP contribution in [0.3, 0.4) is 0 Å². The number of benzene rings is 1. The number of aromatic nitrogens is 1. The van der Waals surface area contributed by atoms with Crippen LogP contribution in [0.2, 0.25) is 0 Å². The van der Waals surface area contributed by atoms with E-state index in [1.54, 1.807) is 0 Å². The highest BCUT2D eigenvalue weighted by Gasteiger charge is 2.33. The van der Waals surface area contributed by atoms with E-state index in [1.165, 1.54) is 0 Å². The summed E-state index contributed by atoms with van der Waals surface area (Å²) in [4.78, 5) is 19.7. The fourth-order valence-electron chi connectivity index (χ4n) is 3.45. The van der Waals surface area contributed by atoms with Crippen molar-refractivity contribution in [3.63, 3.8) is 0 Å². The summed E-state index contributed by atoms with van der Waals surface area (Å²) in [6.45, 7) is 8.59. The summed E-state index contributed by atoms with van der Waals surface area (Å²) in [6, 6.07) is 7.37. The van der Waals surface area contributed by atoms with Crippen molar-refractivity contribution in [1.82, 2.24) is 14.8 Å². The van der Waals surface area contributed by atoms with E-state index in [2.05, 4.69) is 21.7 Å². The zero-order valence-corrected chi connectivity index (χ0v) is 13.2. The second kappa shape index (κ2) is 6.10. The minimum atomic E-state index is -0.766. The number of para-hydroxylation sites is 1. The predicted octanol–water partition coefficient (Wildman–Crippen LogP) is 2.24. The number of carboxylic acid groups (broad SMARTS) is 1.